The Hall–Kier alpha value is -0.220. The molecule has 0 aliphatic carbocycles. The van der Waals surface area contributed by atoms with Crippen LogP contribution in [0, 0.1) is 0 Å². The lowest BCUT2D eigenvalue weighted by atomic mass is 10.1. The Morgan fingerprint density at radius 1 is 1.38 bits per heavy atom. The molecule has 0 unspecified atom stereocenters. The smallest absolute Gasteiger partial charge is 0.222 e. The first kappa shape index (κ1) is 13.8. The number of rotatable bonds is 4. The molecule has 0 radical (unpaired) electrons. The third kappa shape index (κ3) is 4.74. The number of carbonyl (C=O) groups excluding carboxylic acids is 1. The van der Waals surface area contributed by atoms with Crippen molar-refractivity contribution in [1.29, 1.82) is 0 Å². The van der Waals surface area contributed by atoms with Gasteiger partial charge in [0.15, 0.2) is 0 Å². The van der Waals surface area contributed by atoms with E-state index in [-0.39, 0.29) is 12.5 Å². The Labute approximate surface area is 103 Å². The molecule has 1 aliphatic heterocycles. The lowest BCUT2D eigenvalue weighted by Crippen LogP contribution is -2.33. The fraction of sp³-hybridized carbons (Fsp3) is 0.917. The predicted octanol–water partition coefficient (Wildman–Crippen LogP) is 1.89. The molecule has 1 aliphatic rings. The first-order valence-electron chi connectivity index (χ1n) is 6.08. The summed E-state index contributed by atoms with van der Waals surface area (Å²) in [4.78, 5) is 13.9. The number of aliphatic hydroxyl groups excluding tert-OH is 1. The summed E-state index contributed by atoms with van der Waals surface area (Å²) in [5.74, 6) is 1.30. The number of amides is 1. The van der Waals surface area contributed by atoms with Crippen LogP contribution in [0.15, 0.2) is 0 Å². The molecule has 1 fully saturated rings. The summed E-state index contributed by atoms with van der Waals surface area (Å²) in [5, 5.41) is 8.67. The molecule has 1 amide bonds. The maximum Gasteiger partial charge on any atom is 0.222 e. The molecule has 16 heavy (non-hydrogen) atoms. The van der Waals surface area contributed by atoms with Gasteiger partial charge in [-0.1, -0.05) is 13.8 Å². The van der Waals surface area contributed by atoms with Gasteiger partial charge in [0.2, 0.25) is 5.91 Å². The van der Waals surface area contributed by atoms with Gasteiger partial charge in [-0.15, -0.1) is 0 Å². The molecule has 3 nitrogen and oxygen atoms in total. The summed E-state index contributed by atoms with van der Waals surface area (Å²) in [7, 11) is 0. The molecule has 0 aromatic rings. The van der Waals surface area contributed by atoms with Gasteiger partial charge in [0.1, 0.15) is 0 Å². The Bertz CT molecular complexity index is 231. The molecule has 1 rings (SSSR count). The highest BCUT2D eigenvalue weighted by Gasteiger charge is 2.25. The second-order valence-electron chi connectivity index (χ2n) is 4.92. The van der Waals surface area contributed by atoms with Gasteiger partial charge in [0.05, 0.1) is 0 Å². The molecular weight excluding hydrogens is 222 g/mol. The molecule has 1 N–H and O–H groups in total. The number of unbranched alkanes of at least 4 members (excludes halogenated alkanes) is 1. The number of hydrogen-bond donors (Lipinski definition) is 1. The summed E-state index contributed by atoms with van der Waals surface area (Å²) in [6, 6.07) is 0. The van der Waals surface area contributed by atoms with E-state index in [1.54, 1.807) is 0 Å². The van der Waals surface area contributed by atoms with Gasteiger partial charge >= 0.3 is 0 Å². The quantitative estimate of drug-likeness (QED) is 0.769. The Morgan fingerprint density at radius 2 is 2.12 bits per heavy atom. The third-order valence-electron chi connectivity index (χ3n) is 2.99. The molecule has 0 aromatic heterocycles. The van der Waals surface area contributed by atoms with Crippen LogP contribution in [0.25, 0.3) is 0 Å². The summed E-state index contributed by atoms with van der Waals surface area (Å²) in [5.41, 5.74) is 0. The maximum atomic E-state index is 11.9. The molecule has 0 aromatic carbocycles. The van der Waals surface area contributed by atoms with E-state index in [9.17, 15) is 4.79 Å². The SMILES string of the molecule is CC1(C)CCN(C(=O)CCCCO)CCS1. The topological polar surface area (TPSA) is 40.5 Å². The van der Waals surface area contributed by atoms with Crippen LogP contribution < -0.4 is 0 Å². The first-order chi connectivity index (χ1) is 7.55. The van der Waals surface area contributed by atoms with Crippen molar-refractivity contribution in [1.82, 2.24) is 4.90 Å². The van der Waals surface area contributed by atoms with Crippen LogP contribution >= 0.6 is 11.8 Å². The predicted molar refractivity (Wildman–Crippen MR) is 68.7 cm³/mol. The molecule has 1 heterocycles. The van der Waals surface area contributed by atoms with Crippen molar-refractivity contribution >= 4 is 17.7 Å². The fourth-order valence-corrected chi connectivity index (χ4v) is 2.92. The molecule has 94 valence electrons. The van der Waals surface area contributed by atoms with Crippen LogP contribution in [0.4, 0.5) is 0 Å². The van der Waals surface area contributed by atoms with E-state index >= 15 is 0 Å². The van der Waals surface area contributed by atoms with E-state index in [4.69, 9.17) is 5.11 Å². The minimum Gasteiger partial charge on any atom is -0.396 e. The van der Waals surface area contributed by atoms with Crippen LogP contribution in [0.5, 0.6) is 0 Å². The van der Waals surface area contributed by atoms with E-state index in [1.165, 1.54) is 0 Å². The second-order valence-corrected chi connectivity index (χ2v) is 6.72. The van der Waals surface area contributed by atoms with E-state index in [0.717, 1.165) is 38.1 Å². The van der Waals surface area contributed by atoms with Crippen LogP contribution in [0.3, 0.4) is 0 Å². The number of nitrogens with zero attached hydrogens (tertiary/aromatic N) is 1. The minimum atomic E-state index is 0.191. The molecular formula is C12H23NO2S. The molecule has 0 spiro atoms. The van der Waals surface area contributed by atoms with Gasteiger partial charge in [-0.05, 0) is 19.3 Å². The van der Waals surface area contributed by atoms with Gasteiger partial charge in [0, 0.05) is 36.6 Å². The first-order valence-corrected chi connectivity index (χ1v) is 7.06. The summed E-state index contributed by atoms with van der Waals surface area (Å²) in [6.07, 6.45) is 3.21. The minimum absolute atomic E-state index is 0.191. The van der Waals surface area contributed by atoms with E-state index < -0.39 is 0 Å². The lowest BCUT2D eigenvalue weighted by Gasteiger charge is -2.22. The number of thioether (sulfide) groups is 1. The number of aliphatic hydroxyl groups is 1. The van der Waals surface area contributed by atoms with Crippen molar-refractivity contribution in [3.63, 3.8) is 0 Å². The van der Waals surface area contributed by atoms with Gasteiger partial charge < -0.3 is 10.0 Å². The summed E-state index contributed by atoms with van der Waals surface area (Å²) < 4.78 is 0.306. The molecule has 0 atom stereocenters. The standard InChI is InChI=1S/C12H23NO2S/c1-12(2)6-7-13(8-10-16-12)11(15)5-3-4-9-14/h14H,3-10H2,1-2H3. The Morgan fingerprint density at radius 3 is 2.81 bits per heavy atom. The average Bonchev–Trinajstić information content (AvgIpc) is 2.39. The monoisotopic (exact) mass is 245 g/mol. The van der Waals surface area contributed by atoms with Gasteiger partial charge in [0.25, 0.3) is 0 Å². The largest absolute Gasteiger partial charge is 0.396 e. The molecule has 1 saturated heterocycles. The second kappa shape index (κ2) is 6.50. The summed E-state index contributed by atoms with van der Waals surface area (Å²) >= 11 is 1.96. The summed E-state index contributed by atoms with van der Waals surface area (Å²) in [6.45, 7) is 6.45. The van der Waals surface area contributed by atoms with Crippen molar-refractivity contribution in [3.05, 3.63) is 0 Å². The zero-order chi connectivity index (χ0) is 12.0. The zero-order valence-electron chi connectivity index (χ0n) is 10.4. The normalized spacial score (nSPS) is 20.6. The van der Waals surface area contributed by atoms with Gasteiger partial charge in [-0.25, -0.2) is 0 Å². The van der Waals surface area contributed by atoms with Gasteiger partial charge in [-0.3, -0.25) is 4.79 Å². The van der Waals surface area contributed by atoms with E-state index in [0.29, 0.717) is 11.2 Å². The highest BCUT2D eigenvalue weighted by Crippen LogP contribution is 2.30. The highest BCUT2D eigenvalue weighted by molar-refractivity contribution is 8.00. The molecule has 0 saturated carbocycles. The maximum absolute atomic E-state index is 11.9. The van der Waals surface area contributed by atoms with Crippen LogP contribution in [0.2, 0.25) is 0 Å². The Balaban J connectivity index is 2.33. The van der Waals surface area contributed by atoms with E-state index in [2.05, 4.69) is 13.8 Å². The molecule has 0 bridgehead atoms. The number of carbonyl (C=O) groups is 1. The van der Waals surface area contributed by atoms with Crippen molar-refractivity contribution < 1.29 is 9.90 Å². The third-order valence-corrected chi connectivity index (χ3v) is 4.36. The van der Waals surface area contributed by atoms with Crippen molar-refractivity contribution in [2.24, 2.45) is 0 Å². The van der Waals surface area contributed by atoms with Crippen LogP contribution in [0.1, 0.15) is 39.5 Å². The molecule has 4 heteroatoms. The van der Waals surface area contributed by atoms with Crippen molar-refractivity contribution in [2.75, 3.05) is 25.4 Å². The van der Waals surface area contributed by atoms with E-state index in [1.807, 2.05) is 16.7 Å². The lowest BCUT2D eigenvalue weighted by molar-refractivity contribution is -0.131. The fourth-order valence-electron chi connectivity index (χ4n) is 1.82. The number of hydrogen-bond acceptors (Lipinski definition) is 3. The van der Waals surface area contributed by atoms with Crippen LogP contribution in [-0.2, 0) is 4.79 Å². The average molecular weight is 245 g/mol. The highest BCUT2D eigenvalue weighted by atomic mass is 32.2. The van der Waals surface area contributed by atoms with Crippen molar-refractivity contribution in [3.8, 4) is 0 Å². The van der Waals surface area contributed by atoms with Gasteiger partial charge in [-0.2, -0.15) is 11.8 Å². The van der Waals surface area contributed by atoms with Crippen LogP contribution in [-0.4, -0.2) is 46.1 Å². The Kier molecular flexibility index (Phi) is 5.62. The van der Waals surface area contributed by atoms with Crippen molar-refractivity contribution in [2.45, 2.75) is 44.3 Å². The zero-order valence-corrected chi connectivity index (χ0v) is 11.2.